The molecule has 0 aromatic rings. The lowest BCUT2D eigenvalue weighted by atomic mass is 9.94. The highest BCUT2D eigenvalue weighted by Crippen LogP contribution is 2.54. The second kappa shape index (κ2) is 4.28. The number of hydrogen-bond donors (Lipinski definition) is 0. The van der Waals surface area contributed by atoms with Crippen molar-refractivity contribution < 1.29 is 4.79 Å². The maximum Gasteiger partial charge on any atom is 0.133 e. The van der Waals surface area contributed by atoms with E-state index in [0.29, 0.717) is 22.7 Å². The average molecular weight is 240 g/mol. The van der Waals surface area contributed by atoms with E-state index in [2.05, 4.69) is 40.8 Å². The maximum atomic E-state index is 11.6. The topological polar surface area (TPSA) is 17.1 Å². The molecule has 0 amide bonds. The Bertz CT molecular complexity index is 275. The van der Waals surface area contributed by atoms with E-state index in [9.17, 15) is 4.79 Å². The maximum absolute atomic E-state index is 11.6. The largest absolute Gasteiger partial charge is 0.300 e. The van der Waals surface area contributed by atoms with E-state index in [1.165, 1.54) is 6.42 Å². The third-order valence-corrected chi connectivity index (χ3v) is 12.0. The predicted octanol–water partition coefficient (Wildman–Crippen LogP) is 4.50. The summed E-state index contributed by atoms with van der Waals surface area (Å²) in [5, 5.41) is 0.442. The number of carbonyl (C=O) groups is 1. The minimum Gasteiger partial charge on any atom is -0.300 e. The van der Waals surface area contributed by atoms with Crippen molar-refractivity contribution in [3.8, 4) is 0 Å². The lowest BCUT2D eigenvalue weighted by Crippen LogP contribution is -2.43. The molecule has 1 saturated carbocycles. The Kier molecular flexibility index (Phi) is 3.74. The van der Waals surface area contributed by atoms with Gasteiger partial charge in [0.1, 0.15) is 5.78 Å². The van der Waals surface area contributed by atoms with E-state index in [-0.39, 0.29) is 0 Å². The highest BCUT2D eigenvalue weighted by Gasteiger charge is 2.49. The number of Topliss-reactive ketones (excluding diaryl/α,β-unsaturated/α-hetero) is 1. The molecule has 0 bridgehead atoms. The Morgan fingerprint density at radius 2 is 1.69 bits per heavy atom. The second-order valence-electron chi connectivity index (χ2n) is 7.23. The zero-order valence-electron chi connectivity index (χ0n) is 12.1. The second-order valence-corrected chi connectivity index (χ2v) is 12.9. The number of ketones is 1. The molecule has 16 heavy (non-hydrogen) atoms. The predicted molar refractivity (Wildman–Crippen MR) is 73.5 cm³/mol. The van der Waals surface area contributed by atoms with Gasteiger partial charge in [-0.2, -0.15) is 0 Å². The Morgan fingerprint density at radius 1 is 1.19 bits per heavy atom. The molecule has 0 aromatic heterocycles. The van der Waals surface area contributed by atoms with E-state index in [0.717, 1.165) is 12.0 Å². The normalized spacial score (nSPS) is 31.8. The van der Waals surface area contributed by atoms with Gasteiger partial charge in [-0.05, 0) is 29.8 Å². The molecule has 0 radical (unpaired) electrons. The Balaban J connectivity index is 2.89. The summed E-state index contributed by atoms with van der Waals surface area (Å²) < 4.78 is 0. The summed E-state index contributed by atoms with van der Waals surface area (Å²) >= 11 is 0. The Labute approximate surface area is 102 Å². The fraction of sp³-hybridized carbons (Fsp3) is 0.929. The fourth-order valence-electron chi connectivity index (χ4n) is 3.31. The van der Waals surface area contributed by atoms with Crippen molar-refractivity contribution in [1.29, 1.82) is 0 Å². The van der Waals surface area contributed by atoms with Gasteiger partial charge in [0.25, 0.3) is 0 Å². The van der Waals surface area contributed by atoms with Crippen LogP contribution in [0.2, 0.25) is 23.7 Å². The van der Waals surface area contributed by atoms with Crippen LogP contribution in [0.3, 0.4) is 0 Å². The molecule has 0 saturated heterocycles. The molecule has 1 fully saturated rings. The summed E-state index contributed by atoms with van der Waals surface area (Å²) in [7, 11) is -1.27. The molecule has 2 heteroatoms. The quantitative estimate of drug-likeness (QED) is 0.650. The van der Waals surface area contributed by atoms with Crippen molar-refractivity contribution in [3.05, 3.63) is 0 Å². The van der Waals surface area contributed by atoms with Crippen molar-refractivity contribution in [2.45, 2.75) is 71.1 Å². The van der Waals surface area contributed by atoms with Gasteiger partial charge >= 0.3 is 0 Å². The summed E-state index contributed by atoms with van der Waals surface area (Å²) in [5.74, 6) is 1.37. The standard InChI is InChI=1S/C14H28OSi/c1-10-12(11(2)15)8-9-13(10)16(6,7)14(3,4)5/h10,12-13H,8-9H2,1-7H3/t10-,12-,13-/m0/s1. The SMILES string of the molecule is CC(=O)[C@H]1CC[C@H]([Si](C)(C)C(C)(C)C)[C@H]1C. The van der Waals surface area contributed by atoms with Gasteiger partial charge in [0, 0.05) is 5.92 Å². The minimum atomic E-state index is -1.27. The third-order valence-electron chi connectivity index (χ3n) is 5.44. The van der Waals surface area contributed by atoms with E-state index >= 15 is 0 Å². The van der Waals surface area contributed by atoms with Gasteiger partial charge in [0.2, 0.25) is 0 Å². The van der Waals surface area contributed by atoms with Gasteiger partial charge in [-0.1, -0.05) is 47.2 Å². The molecule has 1 aliphatic carbocycles. The van der Waals surface area contributed by atoms with Gasteiger partial charge in [0.15, 0.2) is 0 Å². The van der Waals surface area contributed by atoms with Crippen LogP contribution in [0.4, 0.5) is 0 Å². The first-order valence-electron chi connectivity index (χ1n) is 6.59. The summed E-state index contributed by atoms with van der Waals surface area (Å²) in [5.41, 5.74) is 0.821. The zero-order valence-corrected chi connectivity index (χ0v) is 13.1. The van der Waals surface area contributed by atoms with Crippen molar-refractivity contribution in [2.24, 2.45) is 11.8 Å². The van der Waals surface area contributed by atoms with E-state index in [4.69, 9.17) is 0 Å². The van der Waals surface area contributed by atoms with Gasteiger partial charge in [-0.15, -0.1) is 0 Å². The molecular weight excluding hydrogens is 212 g/mol. The number of rotatable bonds is 2. The molecule has 1 rings (SSSR count). The monoisotopic (exact) mass is 240 g/mol. The van der Waals surface area contributed by atoms with Crippen LogP contribution in [-0.2, 0) is 4.79 Å². The van der Waals surface area contributed by atoms with Crippen molar-refractivity contribution in [3.63, 3.8) is 0 Å². The summed E-state index contributed by atoms with van der Waals surface area (Å²) in [6, 6.07) is 0. The molecule has 0 aliphatic heterocycles. The van der Waals surface area contributed by atoms with Gasteiger partial charge in [0.05, 0.1) is 8.07 Å². The zero-order chi connectivity index (χ0) is 12.7. The van der Waals surface area contributed by atoms with E-state index in [1.54, 1.807) is 6.92 Å². The first kappa shape index (κ1) is 13.9. The lowest BCUT2D eigenvalue weighted by molar-refractivity contribution is -0.121. The van der Waals surface area contributed by atoms with Crippen molar-refractivity contribution in [2.75, 3.05) is 0 Å². The third kappa shape index (κ3) is 2.27. The van der Waals surface area contributed by atoms with Crippen LogP contribution in [0.5, 0.6) is 0 Å². The van der Waals surface area contributed by atoms with Crippen LogP contribution in [0, 0.1) is 11.8 Å². The Morgan fingerprint density at radius 3 is 2.00 bits per heavy atom. The van der Waals surface area contributed by atoms with Crippen LogP contribution in [0.1, 0.15) is 47.5 Å². The fourth-order valence-corrected chi connectivity index (χ4v) is 6.86. The molecule has 0 N–H and O–H groups in total. The van der Waals surface area contributed by atoms with Gasteiger partial charge < -0.3 is 0 Å². The lowest BCUT2D eigenvalue weighted by Gasteiger charge is -2.44. The molecule has 0 unspecified atom stereocenters. The number of carbonyl (C=O) groups excluding carboxylic acids is 1. The highest BCUT2D eigenvalue weighted by atomic mass is 28.3. The van der Waals surface area contributed by atoms with E-state index < -0.39 is 8.07 Å². The molecular formula is C14H28OSi. The summed E-state index contributed by atoms with van der Waals surface area (Å²) in [6.07, 6.45) is 2.41. The molecule has 0 aromatic carbocycles. The first-order chi connectivity index (χ1) is 7.09. The smallest absolute Gasteiger partial charge is 0.133 e. The molecule has 1 aliphatic rings. The highest BCUT2D eigenvalue weighted by molar-refractivity contribution is 6.81. The molecule has 94 valence electrons. The van der Waals surface area contributed by atoms with Gasteiger partial charge in [-0.3, -0.25) is 4.79 Å². The van der Waals surface area contributed by atoms with Crippen LogP contribution in [-0.4, -0.2) is 13.9 Å². The van der Waals surface area contributed by atoms with E-state index in [1.807, 2.05) is 0 Å². The van der Waals surface area contributed by atoms with Crippen LogP contribution in [0.25, 0.3) is 0 Å². The molecule has 3 atom stereocenters. The van der Waals surface area contributed by atoms with Crippen LogP contribution in [0.15, 0.2) is 0 Å². The first-order valence-corrected chi connectivity index (χ1v) is 9.67. The Hall–Kier alpha value is -0.113. The molecule has 0 heterocycles. The van der Waals surface area contributed by atoms with Crippen molar-refractivity contribution >= 4 is 13.9 Å². The number of hydrogen-bond acceptors (Lipinski definition) is 1. The van der Waals surface area contributed by atoms with Gasteiger partial charge in [-0.25, -0.2) is 0 Å². The minimum absolute atomic E-state index is 0.346. The average Bonchev–Trinajstić information content (AvgIpc) is 2.44. The molecule has 1 nitrogen and oxygen atoms in total. The van der Waals surface area contributed by atoms with Crippen molar-refractivity contribution in [1.82, 2.24) is 0 Å². The summed E-state index contributed by atoms with van der Waals surface area (Å²) in [4.78, 5) is 11.6. The molecule has 0 spiro atoms. The van der Waals surface area contributed by atoms with Crippen LogP contribution < -0.4 is 0 Å². The summed E-state index contributed by atoms with van der Waals surface area (Å²) in [6.45, 7) is 16.2. The van der Waals surface area contributed by atoms with Crippen LogP contribution >= 0.6 is 0 Å².